The Labute approximate surface area is 97.4 Å². The fourth-order valence-corrected chi connectivity index (χ4v) is 1.45. The minimum atomic E-state index is -0.632. The smallest absolute Gasteiger partial charge is 0.359 e. The zero-order chi connectivity index (χ0) is 12.3. The molecule has 86 valence electrons. The number of rotatable bonds is 3. The van der Waals surface area contributed by atoms with Crippen LogP contribution in [0.3, 0.4) is 0 Å². The third kappa shape index (κ3) is 2.13. The van der Waals surface area contributed by atoms with Crippen LogP contribution in [0.25, 0.3) is 11.0 Å². The molecule has 1 heterocycles. The molecular formula is C12H10N2O3. The third-order valence-electron chi connectivity index (χ3n) is 2.18. The van der Waals surface area contributed by atoms with E-state index in [4.69, 9.17) is 4.74 Å². The van der Waals surface area contributed by atoms with Crippen molar-refractivity contribution in [1.82, 2.24) is 9.97 Å². The molecule has 2 rings (SSSR count). The van der Waals surface area contributed by atoms with Crippen LogP contribution in [0.5, 0.6) is 0 Å². The number of para-hydroxylation sites is 2. The molecule has 0 radical (unpaired) electrons. The topological polar surface area (TPSA) is 69.2 Å². The molecule has 0 aliphatic heterocycles. The van der Waals surface area contributed by atoms with E-state index >= 15 is 0 Å². The Morgan fingerprint density at radius 2 is 1.94 bits per heavy atom. The van der Waals surface area contributed by atoms with Crippen molar-refractivity contribution in [3.8, 4) is 0 Å². The van der Waals surface area contributed by atoms with Crippen molar-refractivity contribution in [3.63, 3.8) is 0 Å². The average Bonchev–Trinajstić information content (AvgIpc) is 2.37. The summed E-state index contributed by atoms with van der Waals surface area (Å²) < 4.78 is 4.82. The zero-order valence-corrected chi connectivity index (χ0v) is 9.21. The summed E-state index contributed by atoms with van der Waals surface area (Å²) in [5.41, 5.74) is 1.09. The molecule has 0 saturated carbocycles. The summed E-state index contributed by atoms with van der Waals surface area (Å²) in [5.74, 6) is -0.632. The SMILES string of the molecule is CCOC(=O)c1nc2ccccc2nc1C=O. The number of nitrogens with zero attached hydrogens (tertiary/aromatic N) is 2. The summed E-state index contributed by atoms with van der Waals surface area (Å²) in [6.45, 7) is 1.92. The van der Waals surface area contributed by atoms with E-state index in [2.05, 4.69) is 9.97 Å². The van der Waals surface area contributed by atoms with Crippen LogP contribution in [0.4, 0.5) is 0 Å². The van der Waals surface area contributed by atoms with Crippen LogP contribution in [-0.4, -0.2) is 28.8 Å². The molecule has 0 bridgehead atoms. The fourth-order valence-electron chi connectivity index (χ4n) is 1.45. The summed E-state index contributed by atoms with van der Waals surface area (Å²) in [4.78, 5) is 30.6. The van der Waals surface area contributed by atoms with Gasteiger partial charge < -0.3 is 4.74 Å². The van der Waals surface area contributed by atoms with E-state index in [1.807, 2.05) is 0 Å². The molecule has 0 aliphatic rings. The second kappa shape index (κ2) is 4.69. The van der Waals surface area contributed by atoms with Gasteiger partial charge in [0.05, 0.1) is 17.6 Å². The third-order valence-corrected chi connectivity index (χ3v) is 2.18. The lowest BCUT2D eigenvalue weighted by molar-refractivity contribution is 0.0517. The number of ether oxygens (including phenoxy) is 1. The van der Waals surface area contributed by atoms with Crippen molar-refractivity contribution in [1.29, 1.82) is 0 Å². The van der Waals surface area contributed by atoms with E-state index in [0.717, 1.165) is 0 Å². The maximum absolute atomic E-state index is 11.6. The van der Waals surface area contributed by atoms with Gasteiger partial charge in [-0.05, 0) is 19.1 Å². The highest BCUT2D eigenvalue weighted by molar-refractivity contribution is 5.97. The van der Waals surface area contributed by atoms with Gasteiger partial charge in [0, 0.05) is 0 Å². The number of carbonyl (C=O) groups excluding carboxylic acids is 2. The Hall–Kier alpha value is -2.30. The van der Waals surface area contributed by atoms with Crippen LogP contribution < -0.4 is 0 Å². The molecule has 17 heavy (non-hydrogen) atoms. The maximum Gasteiger partial charge on any atom is 0.359 e. The summed E-state index contributed by atoms with van der Waals surface area (Å²) in [6, 6.07) is 7.02. The van der Waals surface area contributed by atoms with Crippen LogP contribution in [0.15, 0.2) is 24.3 Å². The van der Waals surface area contributed by atoms with Gasteiger partial charge in [0.1, 0.15) is 5.69 Å². The number of esters is 1. The average molecular weight is 230 g/mol. The normalized spacial score (nSPS) is 10.2. The Morgan fingerprint density at radius 1 is 1.29 bits per heavy atom. The zero-order valence-electron chi connectivity index (χ0n) is 9.21. The first kappa shape index (κ1) is 11.2. The number of aromatic nitrogens is 2. The number of aldehydes is 1. The van der Waals surface area contributed by atoms with Gasteiger partial charge in [-0.25, -0.2) is 14.8 Å². The van der Waals surface area contributed by atoms with Crippen molar-refractivity contribution in [2.75, 3.05) is 6.61 Å². The molecule has 0 saturated heterocycles. The van der Waals surface area contributed by atoms with E-state index in [1.54, 1.807) is 31.2 Å². The molecule has 0 spiro atoms. The number of hydrogen-bond acceptors (Lipinski definition) is 5. The first-order valence-electron chi connectivity index (χ1n) is 5.15. The van der Waals surface area contributed by atoms with Gasteiger partial charge in [-0.15, -0.1) is 0 Å². The molecule has 0 N–H and O–H groups in total. The molecule has 5 heteroatoms. The van der Waals surface area contributed by atoms with Crippen LogP contribution >= 0.6 is 0 Å². The van der Waals surface area contributed by atoms with Gasteiger partial charge in [-0.2, -0.15) is 0 Å². The van der Waals surface area contributed by atoms with Gasteiger partial charge in [0.15, 0.2) is 12.0 Å². The van der Waals surface area contributed by atoms with Crippen molar-refractivity contribution < 1.29 is 14.3 Å². The van der Waals surface area contributed by atoms with Crippen molar-refractivity contribution >= 4 is 23.3 Å². The number of fused-ring (bicyclic) bond motifs is 1. The van der Waals surface area contributed by atoms with Gasteiger partial charge in [-0.1, -0.05) is 12.1 Å². The predicted octanol–water partition coefficient (Wildman–Crippen LogP) is 1.62. The number of hydrogen-bond donors (Lipinski definition) is 0. The minimum Gasteiger partial charge on any atom is -0.461 e. The number of benzene rings is 1. The van der Waals surface area contributed by atoms with E-state index in [9.17, 15) is 9.59 Å². The molecule has 0 unspecified atom stereocenters. The van der Waals surface area contributed by atoms with Crippen LogP contribution in [-0.2, 0) is 4.74 Å². The summed E-state index contributed by atoms with van der Waals surface area (Å²) in [6.07, 6.45) is 0.506. The predicted molar refractivity (Wildman–Crippen MR) is 60.9 cm³/mol. The minimum absolute atomic E-state index is 0.00199. The molecule has 2 aromatic rings. The number of carbonyl (C=O) groups is 2. The van der Waals surface area contributed by atoms with E-state index < -0.39 is 5.97 Å². The Kier molecular flexibility index (Phi) is 3.09. The highest BCUT2D eigenvalue weighted by Gasteiger charge is 2.16. The molecule has 1 aromatic carbocycles. The molecule has 0 atom stereocenters. The summed E-state index contributed by atoms with van der Waals surface area (Å²) >= 11 is 0. The Morgan fingerprint density at radius 3 is 2.53 bits per heavy atom. The molecule has 0 aliphatic carbocycles. The van der Waals surface area contributed by atoms with Gasteiger partial charge >= 0.3 is 5.97 Å². The molecule has 1 aromatic heterocycles. The van der Waals surface area contributed by atoms with Crippen molar-refractivity contribution in [3.05, 3.63) is 35.7 Å². The summed E-state index contributed by atoms with van der Waals surface area (Å²) in [5, 5.41) is 0. The first-order valence-corrected chi connectivity index (χ1v) is 5.15. The Bertz CT molecular complexity index is 581. The molecular weight excluding hydrogens is 220 g/mol. The lowest BCUT2D eigenvalue weighted by Crippen LogP contribution is -2.12. The lowest BCUT2D eigenvalue weighted by atomic mass is 10.2. The van der Waals surface area contributed by atoms with Gasteiger partial charge in [0.2, 0.25) is 0 Å². The highest BCUT2D eigenvalue weighted by Crippen LogP contribution is 2.12. The largest absolute Gasteiger partial charge is 0.461 e. The molecule has 0 amide bonds. The first-order chi connectivity index (χ1) is 8.26. The van der Waals surface area contributed by atoms with Crippen LogP contribution in [0.2, 0.25) is 0 Å². The second-order valence-electron chi connectivity index (χ2n) is 3.28. The molecule has 0 fully saturated rings. The van der Waals surface area contributed by atoms with E-state index in [-0.39, 0.29) is 18.0 Å². The van der Waals surface area contributed by atoms with Crippen LogP contribution in [0.1, 0.15) is 27.9 Å². The van der Waals surface area contributed by atoms with Crippen LogP contribution in [0, 0.1) is 0 Å². The monoisotopic (exact) mass is 230 g/mol. The standard InChI is InChI=1S/C12H10N2O3/c1-2-17-12(16)11-10(7-15)13-8-5-3-4-6-9(8)14-11/h3-7H,2H2,1H3. The molecule has 5 nitrogen and oxygen atoms in total. The quantitative estimate of drug-likeness (QED) is 0.592. The van der Waals surface area contributed by atoms with E-state index in [1.165, 1.54) is 0 Å². The fraction of sp³-hybridized carbons (Fsp3) is 0.167. The second-order valence-corrected chi connectivity index (χ2v) is 3.28. The lowest BCUT2D eigenvalue weighted by Gasteiger charge is -2.04. The van der Waals surface area contributed by atoms with E-state index in [0.29, 0.717) is 17.3 Å². The highest BCUT2D eigenvalue weighted by atomic mass is 16.5. The van der Waals surface area contributed by atoms with Gasteiger partial charge in [-0.3, -0.25) is 4.79 Å². The van der Waals surface area contributed by atoms with Crippen molar-refractivity contribution in [2.45, 2.75) is 6.92 Å². The van der Waals surface area contributed by atoms with Gasteiger partial charge in [0.25, 0.3) is 0 Å². The van der Waals surface area contributed by atoms with Crippen molar-refractivity contribution in [2.24, 2.45) is 0 Å². The summed E-state index contributed by atoms with van der Waals surface area (Å²) in [7, 11) is 0. The Balaban J connectivity index is 2.60. The maximum atomic E-state index is 11.6.